The Hall–Kier alpha value is -3.86. The van der Waals surface area contributed by atoms with Crippen molar-refractivity contribution in [2.45, 2.75) is 12.5 Å². The second-order valence-corrected chi connectivity index (χ2v) is 8.01. The molecule has 1 aliphatic heterocycles. The maximum atomic E-state index is 13.6. The molecule has 1 atom stereocenters. The molecule has 0 saturated carbocycles. The van der Waals surface area contributed by atoms with E-state index < -0.39 is 0 Å². The van der Waals surface area contributed by atoms with Crippen LogP contribution in [0.25, 0.3) is 11.3 Å². The highest BCUT2D eigenvalue weighted by atomic mass is 16.5. The molecular weight excluding hydrogens is 398 g/mol. The Kier molecular flexibility index (Phi) is 5.23. The quantitative estimate of drug-likeness (QED) is 0.444. The monoisotopic (exact) mass is 423 g/mol. The van der Waals surface area contributed by atoms with Crippen molar-refractivity contribution < 1.29 is 9.53 Å². The Labute approximate surface area is 187 Å². The van der Waals surface area contributed by atoms with E-state index in [1.54, 1.807) is 11.8 Å². The van der Waals surface area contributed by atoms with Gasteiger partial charge in [0.15, 0.2) is 0 Å². The first-order valence-corrected chi connectivity index (χ1v) is 10.8. The molecule has 32 heavy (non-hydrogen) atoms. The van der Waals surface area contributed by atoms with Crippen LogP contribution in [-0.4, -0.2) is 34.2 Å². The Balaban J connectivity index is 1.59. The summed E-state index contributed by atoms with van der Waals surface area (Å²) in [5.74, 6) is 0.820. The van der Waals surface area contributed by atoms with Crippen molar-refractivity contribution in [1.29, 1.82) is 0 Å². The number of hydrogen-bond acceptors (Lipinski definition) is 3. The molecule has 1 aromatic heterocycles. The Morgan fingerprint density at radius 3 is 2.22 bits per heavy atom. The molecule has 3 aromatic carbocycles. The fraction of sp³-hybridized carbons (Fsp3) is 0.185. The normalized spacial score (nSPS) is 15.1. The van der Waals surface area contributed by atoms with Gasteiger partial charge in [0.25, 0.3) is 5.91 Å². The summed E-state index contributed by atoms with van der Waals surface area (Å²) in [5, 5.41) is 4.77. The molecule has 1 amide bonds. The van der Waals surface area contributed by atoms with Gasteiger partial charge in [-0.05, 0) is 41.8 Å². The molecule has 4 aromatic rings. The predicted octanol–water partition coefficient (Wildman–Crippen LogP) is 4.88. The summed E-state index contributed by atoms with van der Waals surface area (Å²) >= 11 is 0. The molecular formula is C27H25N3O2. The molecule has 160 valence electrons. The maximum Gasteiger partial charge on any atom is 0.273 e. The first-order chi connectivity index (χ1) is 15.7. The second kappa shape index (κ2) is 8.35. The van der Waals surface area contributed by atoms with Crippen LogP contribution in [0.15, 0.2) is 84.9 Å². The third kappa shape index (κ3) is 3.46. The third-order valence-electron chi connectivity index (χ3n) is 6.10. The summed E-state index contributed by atoms with van der Waals surface area (Å²) < 4.78 is 7.05. The van der Waals surface area contributed by atoms with Crippen LogP contribution in [0.2, 0.25) is 0 Å². The van der Waals surface area contributed by atoms with Crippen LogP contribution in [-0.2, 0) is 13.5 Å². The zero-order valence-corrected chi connectivity index (χ0v) is 18.2. The Morgan fingerprint density at radius 1 is 0.906 bits per heavy atom. The summed E-state index contributed by atoms with van der Waals surface area (Å²) in [6.45, 7) is 0.638. The number of fused-ring (bicyclic) bond motifs is 1. The minimum Gasteiger partial charge on any atom is -0.497 e. The molecule has 0 saturated heterocycles. The number of aryl methyl sites for hydroxylation is 1. The minimum absolute atomic E-state index is 0.0274. The van der Waals surface area contributed by atoms with Gasteiger partial charge in [-0.3, -0.25) is 9.48 Å². The van der Waals surface area contributed by atoms with Gasteiger partial charge in [-0.15, -0.1) is 0 Å². The van der Waals surface area contributed by atoms with Crippen LogP contribution < -0.4 is 4.74 Å². The van der Waals surface area contributed by atoms with Crippen LogP contribution in [0.5, 0.6) is 5.75 Å². The summed E-state index contributed by atoms with van der Waals surface area (Å²) in [6, 6.07) is 28.2. The van der Waals surface area contributed by atoms with Crippen molar-refractivity contribution in [3.63, 3.8) is 0 Å². The number of benzene rings is 3. The molecule has 0 fully saturated rings. The molecule has 0 radical (unpaired) electrons. The van der Waals surface area contributed by atoms with Gasteiger partial charge in [0, 0.05) is 24.7 Å². The van der Waals surface area contributed by atoms with Gasteiger partial charge >= 0.3 is 0 Å². The van der Waals surface area contributed by atoms with Gasteiger partial charge in [0.05, 0.1) is 18.8 Å². The van der Waals surface area contributed by atoms with E-state index >= 15 is 0 Å². The molecule has 5 nitrogen and oxygen atoms in total. The van der Waals surface area contributed by atoms with Gasteiger partial charge in [0.2, 0.25) is 0 Å². The van der Waals surface area contributed by atoms with E-state index in [-0.39, 0.29) is 11.9 Å². The highest BCUT2D eigenvalue weighted by Gasteiger charge is 2.43. The van der Waals surface area contributed by atoms with Crippen LogP contribution in [0, 0.1) is 0 Å². The lowest BCUT2D eigenvalue weighted by atomic mass is 9.96. The molecule has 0 unspecified atom stereocenters. The van der Waals surface area contributed by atoms with Crippen LogP contribution in [0.1, 0.15) is 33.2 Å². The van der Waals surface area contributed by atoms with E-state index in [0.717, 1.165) is 34.6 Å². The van der Waals surface area contributed by atoms with E-state index in [9.17, 15) is 4.79 Å². The first-order valence-electron chi connectivity index (χ1n) is 10.8. The molecule has 5 heteroatoms. The Bertz CT molecular complexity index is 1230. The average Bonchev–Trinajstić information content (AvgIpc) is 3.33. The van der Waals surface area contributed by atoms with Crippen molar-refractivity contribution >= 4 is 5.91 Å². The number of carbonyl (C=O) groups excluding carboxylic acids is 1. The number of nitrogens with zero attached hydrogens (tertiary/aromatic N) is 3. The van der Waals surface area contributed by atoms with E-state index in [1.807, 2.05) is 72.6 Å². The van der Waals surface area contributed by atoms with E-state index in [2.05, 4.69) is 24.3 Å². The Morgan fingerprint density at radius 2 is 1.56 bits per heavy atom. The van der Waals surface area contributed by atoms with Gasteiger partial charge in [0.1, 0.15) is 11.4 Å². The average molecular weight is 424 g/mol. The van der Waals surface area contributed by atoms with Crippen molar-refractivity contribution in [2.24, 2.45) is 7.05 Å². The number of ether oxygens (including phenoxy) is 1. The molecule has 5 rings (SSSR count). The lowest BCUT2D eigenvalue weighted by Gasteiger charge is -2.26. The van der Waals surface area contributed by atoms with Crippen molar-refractivity contribution in [3.8, 4) is 17.0 Å². The summed E-state index contributed by atoms with van der Waals surface area (Å²) in [4.78, 5) is 15.6. The molecule has 0 bridgehead atoms. The van der Waals surface area contributed by atoms with Crippen LogP contribution in [0.4, 0.5) is 0 Å². The smallest absolute Gasteiger partial charge is 0.273 e. The van der Waals surface area contributed by atoms with Crippen LogP contribution in [0.3, 0.4) is 0 Å². The SMILES string of the molecule is COc1ccc(-c2nn(C)c3c2[C@@H](c2ccccc2)N(CCc2ccccc2)C3=O)cc1. The topological polar surface area (TPSA) is 47.4 Å². The lowest BCUT2D eigenvalue weighted by molar-refractivity contribution is 0.0742. The van der Waals surface area contributed by atoms with Crippen molar-refractivity contribution in [3.05, 3.63) is 107 Å². The van der Waals surface area contributed by atoms with Crippen LogP contribution >= 0.6 is 0 Å². The van der Waals surface area contributed by atoms with E-state index in [0.29, 0.717) is 12.2 Å². The zero-order chi connectivity index (χ0) is 22.1. The van der Waals surface area contributed by atoms with Gasteiger partial charge in [-0.2, -0.15) is 5.10 Å². The summed E-state index contributed by atoms with van der Waals surface area (Å²) in [6.07, 6.45) is 0.801. The van der Waals surface area contributed by atoms with E-state index in [4.69, 9.17) is 9.84 Å². The predicted molar refractivity (Wildman–Crippen MR) is 125 cm³/mol. The maximum absolute atomic E-state index is 13.6. The fourth-order valence-electron chi connectivity index (χ4n) is 4.53. The standard InChI is InChI=1S/C27H25N3O2/c1-29-26-23(24(28-29)20-13-15-22(32-2)16-14-20)25(21-11-7-4-8-12-21)30(27(26)31)18-17-19-9-5-3-6-10-19/h3-16,25H,17-18H2,1-2H3/t25-/m1/s1. The van der Waals surface area contributed by atoms with Crippen molar-refractivity contribution in [1.82, 2.24) is 14.7 Å². The number of hydrogen-bond donors (Lipinski definition) is 0. The molecule has 0 N–H and O–H groups in total. The highest BCUT2D eigenvalue weighted by molar-refractivity contribution is 6.00. The third-order valence-corrected chi connectivity index (χ3v) is 6.10. The molecule has 0 aliphatic carbocycles. The zero-order valence-electron chi connectivity index (χ0n) is 18.2. The van der Waals surface area contributed by atoms with Gasteiger partial charge in [-0.25, -0.2) is 0 Å². The number of amides is 1. The number of aromatic nitrogens is 2. The molecule has 2 heterocycles. The summed E-state index contributed by atoms with van der Waals surface area (Å²) in [5.41, 5.74) is 5.77. The number of carbonyl (C=O) groups is 1. The first kappa shape index (κ1) is 20.1. The molecule has 0 spiro atoms. The van der Waals surface area contributed by atoms with Gasteiger partial charge in [-0.1, -0.05) is 60.7 Å². The lowest BCUT2D eigenvalue weighted by Crippen LogP contribution is -2.32. The van der Waals surface area contributed by atoms with Crippen molar-refractivity contribution in [2.75, 3.05) is 13.7 Å². The summed E-state index contributed by atoms with van der Waals surface area (Å²) in [7, 11) is 3.51. The van der Waals surface area contributed by atoms with Gasteiger partial charge < -0.3 is 9.64 Å². The molecule has 1 aliphatic rings. The number of methoxy groups -OCH3 is 1. The number of rotatable bonds is 6. The van der Waals surface area contributed by atoms with E-state index in [1.165, 1.54) is 5.56 Å². The highest BCUT2D eigenvalue weighted by Crippen LogP contribution is 2.43. The largest absolute Gasteiger partial charge is 0.497 e. The second-order valence-electron chi connectivity index (χ2n) is 8.01. The minimum atomic E-state index is -0.173. The fourth-order valence-corrected chi connectivity index (χ4v) is 4.53.